The molecule has 2 aromatic rings. The minimum atomic E-state index is -4.22. The van der Waals surface area contributed by atoms with Gasteiger partial charge in [0.15, 0.2) is 11.5 Å². The summed E-state index contributed by atoms with van der Waals surface area (Å²) in [5, 5.41) is 2.82. The van der Waals surface area contributed by atoms with Gasteiger partial charge in [-0.05, 0) is 42.7 Å². The lowest BCUT2D eigenvalue weighted by Gasteiger charge is -2.25. The highest BCUT2D eigenvalue weighted by molar-refractivity contribution is 7.89. The molecule has 0 saturated carbocycles. The summed E-state index contributed by atoms with van der Waals surface area (Å²) in [6, 6.07) is 8.92. The zero-order valence-corrected chi connectivity index (χ0v) is 17.8. The van der Waals surface area contributed by atoms with E-state index >= 15 is 0 Å². The van der Waals surface area contributed by atoms with E-state index in [1.54, 1.807) is 32.9 Å². The highest BCUT2D eigenvalue weighted by atomic mass is 32.2. The van der Waals surface area contributed by atoms with Crippen LogP contribution in [0.1, 0.15) is 32.4 Å². The quantitative estimate of drug-likeness (QED) is 0.696. The number of carbonyl (C=O) groups excluding carboxylic acids is 1. The molecule has 1 amide bonds. The smallest absolute Gasteiger partial charge is 0.244 e. The second kappa shape index (κ2) is 9.01. The summed E-state index contributed by atoms with van der Waals surface area (Å²) >= 11 is 0. The normalized spacial score (nSPS) is 15.5. The van der Waals surface area contributed by atoms with E-state index in [0.29, 0.717) is 24.7 Å². The fraction of sp³-hybridized carbons (Fsp3) is 0.381. The monoisotopic (exact) mass is 436 g/mol. The molecule has 0 saturated heterocycles. The Morgan fingerprint density at radius 3 is 2.37 bits per heavy atom. The molecule has 7 nitrogen and oxygen atoms in total. The van der Waals surface area contributed by atoms with Gasteiger partial charge in [0, 0.05) is 0 Å². The average molecular weight is 437 g/mol. The van der Waals surface area contributed by atoms with Crippen molar-refractivity contribution in [1.82, 2.24) is 10.0 Å². The van der Waals surface area contributed by atoms with Gasteiger partial charge in [0.05, 0.1) is 6.04 Å². The van der Waals surface area contributed by atoms with Gasteiger partial charge in [0.1, 0.15) is 30.0 Å². The lowest BCUT2D eigenvalue weighted by Crippen LogP contribution is -2.50. The van der Waals surface area contributed by atoms with Gasteiger partial charge in [-0.3, -0.25) is 4.79 Å². The van der Waals surface area contributed by atoms with Crippen LogP contribution in [0.15, 0.2) is 47.4 Å². The van der Waals surface area contributed by atoms with Gasteiger partial charge >= 0.3 is 0 Å². The summed E-state index contributed by atoms with van der Waals surface area (Å²) in [5.74, 6) is -0.509. The molecule has 1 aliphatic heterocycles. The largest absolute Gasteiger partial charge is 0.486 e. The first-order valence-electron chi connectivity index (χ1n) is 9.66. The van der Waals surface area contributed by atoms with Crippen molar-refractivity contribution in [3.05, 3.63) is 53.8 Å². The summed E-state index contributed by atoms with van der Waals surface area (Å²) in [6.45, 7) is 6.14. The Bertz CT molecular complexity index is 1030. The Labute approximate surface area is 175 Å². The number of hydrogen-bond acceptors (Lipinski definition) is 5. The summed E-state index contributed by atoms with van der Waals surface area (Å²) in [4.78, 5) is 12.4. The Morgan fingerprint density at radius 1 is 1.03 bits per heavy atom. The number of carbonyl (C=O) groups is 1. The minimum Gasteiger partial charge on any atom is -0.486 e. The number of fused-ring (bicyclic) bond motifs is 1. The second-order valence-corrected chi connectivity index (χ2v) is 9.09. The van der Waals surface area contributed by atoms with Crippen LogP contribution < -0.4 is 19.5 Å². The van der Waals surface area contributed by atoms with Crippen LogP contribution >= 0.6 is 0 Å². The fourth-order valence-corrected chi connectivity index (χ4v) is 4.52. The molecule has 2 unspecified atom stereocenters. The summed E-state index contributed by atoms with van der Waals surface area (Å²) < 4.78 is 52.6. The molecular weight excluding hydrogens is 411 g/mol. The number of nitrogens with one attached hydrogen (secondary N) is 2. The first-order chi connectivity index (χ1) is 14.2. The van der Waals surface area contributed by atoms with Crippen LogP contribution in [0.3, 0.4) is 0 Å². The van der Waals surface area contributed by atoms with Crippen LogP contribution in [-0.2, 0) is 14.8 Å². The molecule has 0 bridgehead atoms. The van der Waals surface area contributed by atoms with E-state index in [1.165, 1.54) is 12.1 Å². The Hall–Kier alpha value is -2.65. The topological polar surface area (TPSA) is 93.7 Å². The number of halogens is 1. The van der Waals surface area contributed by atoms with Gasteiger partial charge in [-0.2, -0.15) is 4.72 Å². The Morgan fingerprint density at radius 2 is 1.70 bits per heavy atom. The van der Waals surface area contributed by atoms with Crippen LogP contribution in [-0.4, -0.2) is 33.6 Å². The van der Waals surface area contributed by atoms with Crippen LogP contribution in [0, 0.1) is 11.7 Å². The van der Waals surface area contributed by atoms with Crippen molar-refractivity contribution in [2.45, 2.75) is 37.8 Å². The molecule has 30 heavy (non-hydrogen) atoms. The number of rotatable bonds is 7. The van der Waals surface area contributed by atoms with E-state index in [4.69, 9.17) is 9.47 Å². The maximum atomic E-state index is 14.0. The van der Waals surface area contributed by atoms with Crippen molar-refractivity contribution >= 4 is 15.9 Å². The third kappa shape index (κ3) is 4.91. The molecule has 0 aromatic heterocycles. The predicted octanol–water partition coefficient (Wildman–Crippen LogP) is 2.78. The summed E-state index contributed by atoms with van der Waals surface area (Å²) in [7, 11) is -4.22. The van der Waals surface area contributed by atoms with Crippen LogP contribution in [0.5, 0.6) is 11.5 Å². The molecule has 0 radical (unpaired) electrons. The van der Waals surface area contributed by atoms with Gasteiger partial charge in [-0.15, -0.1) is 0 Å². The third-order valence-electron chi connectivity index (χ3n) is 4.78. The van der Waals surface area contributed by atoms with E-state index in [0.717, 1.165) is 17.7 Å². The molecular formula is C21H25FN2O5S. The number of sulfonamides is 1. The van der Waals surface area contributed by atoms with E-state index < -0.39 is 38.7 Å². The SMILES string of the molecule is CC(NC(=O)C(NS(=O)(=O)c1ccccc1F)C(C)C)c1ccc2c(c1)OCCO2. The van der Waals surface area contributed by atoms with Gasteiger partial charge in [-0.1, -0.05) is 32.0 Å². The molecule has 3 rings (SSSR count). The van der Waals surface area contributed by atoms with Gasteiger partial charge in [0.2, 0.25) is 15.9 Å². The zero-order valence-electron chi connectivity index (χ0n) is 17.0. The lowest BCUT2D eigenvalue weighted by molar-refractivity contribution is -0.124. The molecule has 0 fully saturated rings. The van der Waals surface area contributed by atoms with E-state index in [9.17, 15) is 17.6 Å². The minimum absolute atomic E-state index is 0.362. The first kappa shape index (κ1) is 22.0. The van der Waals surface area contributed by atoms with Gasteiger partial charge in [0.25, 0.3) is 0 Å². The molecule has 1 heterocycles. The third-order valence-corrected chi connectivity index (χ3v) is 6.26. The van der Waals surface area contributed by atoms with Crippen LogP contribution in [0.25, 0.3) is 0 Å². The van der Waals surface area contributed by atoms with E-state index in [-0.39, 0.29) is 5.92 Å². The maximum Gasteiger partial charge on any atom is 0.244 e. The number of hydrogen-bond donors (Lipinski definition) is 2. The average Bonchev–Trinajstić information content (AvgIpc) is 2.71. The standard InChI is InChI=1S/C21H25FN2O5S/c1-13(2)20(24-30(26,27)19-7-5-4-6-16(19)22)21(25)23-14(3)15-8-9-17-18(12-15)29-11-10-28-17/h4-9,12-14,20,24H,10-11H2,1-3H3,(H,23,25). The molecule has 0 aliphatic carbocycles. The highest BCUT2D eigenvalue weighted by Crippen LogP contribution is 2.32. The molecule has 2 aromatic carbocycles. The van der Waals surface area contributed by atoms with Crippen LogP contribution in [0.4, 0.5) is 4.39 Å². The van der Waals surface area contributed by atoms with Crippen molar-refractivity contribution in [3.63, 3.8) is 0 Å². The summed E-state index contributed by atoms with van der Waals surface area (Å²) in [5.41, 5.74) is 0.784. The van der Waals surface area contributed by atoms with Gasteiger partial charge < -0.3 is 14.8 Å². The zero-order chi connectivity index (χ0) is 21.9. The first-order valence-corrected chi connectivity index (χ1v) is 11.1. The van der Waals surface area contributed by atoms with Crippen molar-refractivity contribution in [2.24, 2.45) is 5.92 Å². The molecule has 2 N–H and O–H groups in total. The van der Waals surface area contributed by atoms with Crippen molar-refractivity contribution in [1.29, 1.82) is 0 Å². The lowest BCUT2D eigenvalue weighted by atomic mass is 10.0. The molecule has 1 aliphatic rings. The van der Waals surface area contributed by atoms with E-state index in [2.05, 4.69) is 10.0 Å². The van der Waals surface area contributed by atoms with Gasteiger partial charge in [-0.25, -0.2) is 12.8 Å². The number of amides is 1. The second-order valence-electron chi connectivity index (χ2n) is 7.41. The molecule has 0 spiro atoms. The number of ether oxygens (including phenoxy) is 2. The maximum absolute atomic E-state index is 14.0. The Kier molecular flexibility index (Phi) is 6.62. The summed E-state index contributed by atoms with van der Waals surface area (Å²) in [6.07, 6.45) is 0. The number of benzene rings is 2. The molecule has 2 atom stereocenters. The fourth-order valence-electron chi connectivity index (χ4n) is 3.10. The predicted molar refractivity (Wildman–Crippen MR) is 109 cm³/mol. The van der Waals surface area contributed by atoms with E-state index in [1.807, 2.05) is 6.07 Å². The molecule has 162 valence electrons. The van der Waals surface area contributed by atoms with Crippen molar-refractivity contribution in [2.75, 3.05) is 13.2 Å². The van der Waals surface area contributed by atoms with Crippen LogP contribution in [0.2, 0.25) is 0 Å². The molecule has 9 heteroatoms. The van der Waals surface area contributed by atoms with Crippen molar-refractivity contribution in [3.8, 4) is 11.5 Å². The Balaban J connectivity index is 1.75. The van der Waals surface area contributed by atoms with Crippen molar-refractivity contribution < 1.29 is 27.1 Å². The highest BCUT2D eigenvalue weighted by Gasteiger charge is 2.30.